The van der Waals surface area contributed by atoms with E-state index in [9.17, 15) is 4.79 Å². The monoisotopic (exact) mass is 311 g/mol. The molecular weight excluding hydrogens is 298 g/mol. The molecule has 5 heteroatoms. The Kier molecular flexibility index (Phi) is 4.16. The van der Waals surface area contributed by atoms with Gasteiger partial charge in [0.2, 0.25) is 0 Å². The Hall–Kier alpha value is -2.66. The summed E-state index contributed by atoms with van der Waals surface area (Å²) in [5.74, 6) is 1.38. The van der Waals surface area contributed by atoms with E-state index >= 15 is 0 Å². The minimum absolute atomic E-state index is 0.0739. The van der Waals surface area contributed by atoms with Gasteiger partial charge in [0.05, 0.1) is 19.1 Å². The number of carbonyl (C=O) groups is 1. The molecule has 4 nitrogen and oxygen atoms in total. The third-order valence-corrected chi connectivity index (χ3v) is 3.91. The first-order chi connectivity index (χ1) is 10.8. The molecule has 3 aromatic rings. The van der Waals surface area contributed by atoms with Crippen LogP contribution in [0.25, 0.3) is 16.8 Å². The minimum atomic E-state index is -0.0739. The van der Waals surface area contributed by atoms with Crippen LogP contribution in [0.1, 0.15) is 16.1 Å². The number of aromatic nitrogens is 1. The van der Waals surface area contributed by atoms with Crippen molar-refractivity contribution in [1.82, 2.24) is 4.98 Å². The lowest BCUT2D eigenvalue weighted by atomic mass is 10.1. The number of ketones is 1. The van der Waals surface area contributed by atoms with Crippen LogP contribution >= 0.6 is 11.3 Å². The van der Waals surface area contributed by atoms with E-state index in [-0.39, 0.29) is 5.78 Å². The molecule has 0 radical (unpaired) electrons. The highest BCUT2D eigenvalue weighted by Crippen LogP contribution is 2.24. The fraction of sp³-hybridized carbons (Fsp3) is 0.0588. The van der Waals surface area contributed by atoms with Crippen LogP contribution in [0.15, 0.2) is 58.5 Å². The molecule has 110 valence electrons. The van der Waals surface area contributed by atoms with Gasteiger partial charge < -0.3 is 9.15 Å². The van der Waals surface area contributed by atoms with Crippen LogP contribution < -0.4 is 4.74 Å². The first-order valence-corrected chi connectivity index (χ1v) is 7.50. The summed E-state index contributed by atoms with van der Waals surface area (Å²) in [7, 11) is 1.59. The number of methoxy groups -OCH3 is 1. The zero-order chi connectivity index (χ0) is 15.4. The van der Waals surface area contributed by atoms with E-state index in [1.165, 1.54) is 17.4 Å². The number of benzene rings is 1. The van der Waals surface area contributed by atoms with E-state index in [0.29, 0.717) is 5.56 Å². The van der Waals surface area contributed by atoms with E-state index in [4.69, 9.17) is 9.15 Å². The molecule has 0 bridgehead atoms. The van der Waals surface area contributed by atoms with Gasteiger partial charge in [-0.1, -0.05) is 0 Å². The Morgan fingerprint density at radius 3 is 2.77 bits per heavy atom. The first-order valence-electron chi connectivity index (χ1n) is 6.62. The summed E-state index contributed by atoms with van der Waals surface area (Å²) in [6.45, 7) is 0. The van der Waals surface area contributed by atoms with Crippen LogP contribution in [0.5, 0.6) is 5.75 Å². The van der Waals surface area contributed by atoms with E-state index in [2.05, 4.69) is 4.98 Å². The lowest BCUT2D eigenvalue weighted by Crippen LogP contribution is -1.94. The molecule has 0 amide bonds. The first kappa shape index (κ1) is 14.3. The Bertz CT molecular complexity index is 786. The van der Waals surface area contributed by atoms with Gasteiger partial charge in [-0.25, -0.2) is 4.98 Å². The quantitative estimate of drug-likeness (QED) is 0.520. The number of rotatable bonds is 5. The third-order valence-electron chi connectivity index (χ3n) is 3.03. The molecule has 0 N–H and O–H groups in total. The van der Waals surface area contributed by atoms with Crippen LogP contribution in [0.4, 0.5) is 0 Å². The van der Waals surface area contributed by atoms with E-state index in [1.54, 1.807) is 43.7 Å². The van der Waals surface area contributed by atoms with Crippen LogP contribution in [0.2, 0.25) is 0 Å². The summed E-state index contributed by atoms with van der Waals surface area (Å²) in [5, 5.41) is 2.68. The summed E-state index contributed by atoms with van der Waals surface area (Å²) in [6.07, 6.45) is 4.83. The van der Waals surface area contributed by atoms with E-state index in [1.807, 2.05) is 17.5 Å². The van der Waals surface area contributed by atoms with Gasteiger partial charge in [-0.3, -0.25) is 4.79 Å². The molecule has 22 heavy (non-hydrogen) atoms. The molecule has 0 unspecified atom stereocenters. The largest absolute Gasteiger partial charge is 0.497 e. The molecule has 0 saturated carbocycles. The van der Waals surface area contributed by atoms with Gasteiger partial charge in [0, 0.05) is 10.9 Å². The van der Waals surface area contributed by atoms with Crippen molar-refractivity contribution < 1.29 is 13.9 Å². The van der Waals surface area contributed by atoms with Crippen LogP contribution in [0, 0.1) is 0 Å². The maximum atomic E-state index is 12.1. The molecule has 1 aromatic carbocycles. The van der Waals surface area contributed by atoms with Crippen molar-refractivity contribution in [3.8, 4) is 16.5 Å². The lowest BCUT2D eigenvalue weighted by Gasteiger charge is -1.99. The lowest BCUT2D eigenvalue weighted by molar-refractivity contribution is 0.104. The number of hydrogen-bond acceptors (Lipinski definition) is 5. The smallest absolute Gasteiger partial charge is 0.185 e. The molecule has 0 aliphatic heterocycles. The normalized spacial score (nSPS) is 11.0. The Balaban J connectivity index is 1.72. The number of thiazole rings is 1. The van der Waals surface area contributed by atoms with Gasteiger partial charge in [0.25, 0.3) is 0 Å². The highest BCUT2D eigenvalue weighted by Gasteiger charge is 2.06. The molecular formula is C17H13NO3S. The average Bonchev–Trinajstić information content (AvgIpc) is 3.23. The van der Waals surface area contributed by atoms with Crippen molar-refractivity contribution in [2.75, 3.05) is 7.11 Å². The fourth-order valence-electron chi connectivity index (χ4n) is 1.89. The minimum Gasteiger partial charge on any atom is -0.497 e. The summed E-state index contributed by atoms with van der Waals surface area (Å²) in [6, 6.07) is 10.7. The molecule has 0 aliphatic rings. The number of allylic oxidation sites excluding steroid dienone is 1. The Morgan fingerprint density at radius 1 is 1.27 bits per heavy atom. The van der Waals surface area contributed by atoms with Crippen LogP contribution in [-0.2, 0) is 0 Å². The standard InChI is InChI=1S/C17H13NO3S/c1-20-14-7-4-12(5-8-14)15(19)9-6-13-11-22-17(18-13)16-3-2-10-21-16/h2-11H,1H3. The SMILES string of the molecule is COc1ccc(C(=O)C=Cc2csc(-c3ccco3)n2)cc1. The van der Waals surface area contributed by atoms with Crippen LogP contribution in [0.3, 0.4) is 0 Å². The second kappa shape index (κ2) is 6.41. The van der Waals surface area contributed by atoms with Crippen molar-refractivity contribution in [2.24, 2.45) is 0 Å². The van der Waals surface area contributed by atoms with Crippen molar-refractivity contribution in [3.63, 3.8) is 0 Å². The summed E-state index contributed by atoms with van der Waals surface area (Å²) in [5.41, 5.74) is 1.34. The van der Waals surface area contributed by atoms with E-state index < -0.39 is 0 Å². The fourth-order valence-corrected chi connectivity index (χ4v) is 2.64. The predicted octanol–water partition coefficient (Wildman–Crippen LogP) is 4.31. The highest BCUT2D eigenvalue weighted by atomic mass is 32.1. The van der Waals surface area contributed by atoms with Gasteiger partial charge >= 0.3 is 0 Å². The average molecular weight is 311 g/mol. The summed E-state index contributed by atoms with van der Waals surface area (Å²) in [4.78, 5) is 16.5. The number of ether oxygens (including phenoxy) is 1. The van der Waals surface area contributed by atoms with E-state index in [0.717, 1.165) is 22.2 Å². The van der Waals surface area contributed by atoms with Gasteiger partial charge in [-0.15, -0.1) is 11.3 Å². The van der Waals surface area contributed by atoms with Crippen molar-refractivity contribution in [2.45, 2.75) is 0 Å². The van der Waals surface area contributed by atoms with Crippen molar-refractivity contribution in [3.05, 3.63) is 65.4 Å². The molecule has 3 rings (SSSR count). The number of carbonyl (C=O) groups excluding carboxylic acids is 1. The number of furan rings is 1. The molecule has 0 aliphatic carbocycles. The molecule has 2 aromatic heterocycles. The van der Waals surface area contributed by atoms with Crippen molar-refractivity contribution >= 4 is 23.2 Å². The zero-order valence-electron chi connectivity index (χ0n) is 11.9. The predicted molar refractivity (Wildman–Crippen MR) is 86.2 cm³/mol. The molecule has 0 saturated heterocycles. The number of nitrogens with zero attached hydrogens (tertiary/aromatic N) is 1. The maximum Gasteiger partial charge on any atom is 0.185 e. The van der Waals surface area contributed by atoms with Gasteiger partial charge in [0.1, 0.15) is 5.75 Å². The Labute approximate surface area is 131 Å². The molecule has 0 fully saturated rings. The maximum absolute atomic E-state index is 12.1. The van der Waals surface area contributed by atoms with Gasteiger partial charge in [-0.2, -0.15) is 0 Å². The topological polar surface area (TPSA) is 52.3 Å². The van der Waals surface area contributed by atoms with Gasteiger partial charge in [-0.05, 0) is 48.6 Å². The Morgan fingerprint density at radius 2 is 2.09 bits per heavy atom. The number of hydrogen-bond donors (Lipinski definition) is 0. The second-order valence-electron chi connectivity index (χ2n) is 4.48. The van der Waals surface area contributed by atoms with Crippen molar-refractivity contribution in [1.29, 1.82) is 0 Å². The zero-order valence-corrected chi connectivity index (χ0v) is 12.7. The van der Waals surface area contributed by atoms with Crippen LogP contribution in [-0.4, -0.2) is 17.9 Å². The highest BCUT2D eigenvalue weighted by molar-refractivity contribution is 7.13. The molecule has 2 heterocycles. The third kappa shape index (κ3) is 3.15. The molecule has 0 atom stereocenters. The second-order valence-corrected chi connectivity index (χ2v) is 5.34. The van der Waals surface area contributed by atoms with Gasteiger partial charge in [0.15, 0.2) is 16.6 Å². The molecule has 0 spiro atoms. The summed E-state index contributed by atoms with van der Waals surface area (Å²) >= 11 is 1.48. The summed E-state index contributed by atoms with van der Waals surface area (Å²) < 4.78 is 10.4.